The lowest BCUT2D eigenvalue weighted by molar-refractivity contribution is 0.199. The third kappa shape index (κ3) is 4.80. The highest BCUT2D eigenvalue weighted by Crippen LogP contribution is 2.32. The quantitative estimate of drug-likeness (QED) is 0.792. The molecule has 0 bridgehead atoms. The van der Waals surface area contributed by atoms with Crippen molar-refractivity contribution in [2.24, 2.45) is 0 Å². The van der Waals surface area contributed by atoms with Crippen molar-refractivity contribution < 1.29 is 4.74 Å². The van der Waals surface area contributed by atoms with Gasteiger partial charge in [0.25, 0.3) is 0 Å². The Bertz CT molecular complexity index is 537. The molecule has 0 amide bonds. The van der Waals surface area contributed by atoms with Crippen LogP contribution in [0.3, 0.4) is 0 Å². The second-order valence-corrected chi connectivity index (χ2v) is 5.67. The maximum Gasteiger partial charge on any atom is 0.101 e. The van der Waals surface area contributed by atoms with Gasteiger partial charge in [-0.05, 0) is 29.8 Å². The van der Waals surface area contributed by atoms with Crippen LogP contribution in [0, 0.1) is 0 Å². The number of ether oxygens (including phenoxy) is 1. The van der Waals surface area contributed by atoms with E-state index in [1.54, 1.807) is 25.1 Å². The fourth-order valence-corrected chi connectivity index (χ4v) is 2.76. The van der Waals surface area contributed by atoms with E-state index in [2.05, 4.69) is 16.4 Å². The van der Waals surface area contributed by atoms with Crippen LogP contribution >= 0.6 is 23.4 Å². The van der Waals surface area contributed by atoms with Crippen molar-refractivity contribution in [3.05, 3.63) is 53.2 Å². The van der Waals surface area contributed by atoms with E-state index in [4.69, 9.17) is 16.3 Å². The summed E-state index contributed by atoms with van der Waals surface area (Å²) in [5.74, 6) is 0. The molecule has 0 radical (unpaired) electrons. The van der Waals surface area contributed by atoms with Crippen LogP contribution in [-0.2, 0) is 11.3 Å². The minimum Gasteiger partial charge on any atom is -0.383 e. The van der Waals surface area contributed by atoms with E-state index in [1.807, 2.05) is 30.3 Å². The van der Waals surface area contributed by atoms with Crippen molar-refractivity contribution in [3.8, 4) is 0 Å². The summed E-state index contributed by atoms with van der Waals surface area (Å²) in [5.41, 5.74) is 1.16. The Morgan fingerprint density at radius 2 is 2.20 bits per heavy atom. The van der Waals surface area contributed by atoms with Crippen LogP contribution < -0.4 is 5.32 Å². The summed E-state index contributed by atoms with van der Waals surface area (Å²) >= 11 is 7.89. The van der Waals surface area contributed by atoms with Crippen molar-refractivity contribution in [2.75, 3.05) is 20.3 Å². The average Bonchev–Trinajstić information content (AvgIpc) is 2.47. The highest BCUT2D eigenvalue weighted by atomic mass is 35.5. The first-order valence-electron chi connectivity index (χ1n) is 6.36. The second-order valence-electron chi connectivity index (χ2n) is 4.20. The maximum atomic E-state index is 6.32. The zero-order valence-corrected chi connectivity index (χ0v) is 12.9. The summed E-state index contributed by atoms with van der Waals surface area (Å²) in [6.07, 6.45) is 1.78. The fraction of sp³-hybridized carbons (Fsp3) is 0.267. The molecule has 0 aliphatic rings. The van der Waals surface area contributed by atoms with Gasteiger partial charge in [0, 0.05) is 31.3 Å². The van der Waals surface area contributed by atoms with E-state index in [9.17, 15) is 0 Å². The van der Waals surface area contributed by atoms with E-state index >= 15 is 0 Å². The van der Waals surface area contributed by atoms with Crippen LogP contribution in [-0.4, -0.2) is 25.2 Å². The SMILES string of the molecule is COCCNCc1ccc(Sc2ccccn2)c(Cl)c1. The summed E-state index contributed by atoms with van der Waals surface area (Å²) in [6.45, 7) is 2.33. The Balaban J connectivity index is 1.95. The number of hydrogen-bond donors (Lipinski definition) is 1. The van der Waals surface area contributed by atoms with Gasteiger partial charge in [-0.2, -0.15) is 0 Å². The summed E-state index contributed by atoms with van der Waals surface area (Å²) < 4.78 is 4.99. The van der Waals surface area contributed by atoms with E-state index in [0.717, 1.165) is 33.6 Å². The topological polar surface area (TPSA) is 34.1 Å². The van der Waals surface area contributed by atoms with Crippen molar-refractivity contribution in [2.45, 2.75) is 16.5 Å². The molecule has 1 aromatic carbocycles. The Hall–Kier alpha value is -1.07. The zero-order chi connectivity index (χ0) is 14.2. The molecule has 1 aromatic heterocycles. The largest absolute Gasteiger partial charge is 0.383 e. The van der Waals surface area contributed by atoms with Crippen molar-refractivity contribution in [1.29, 1.82) is 0 Å². The van der Waals surface area contributed by atoms with Gasteiger partial charge in [0.15, 0.2) is 0 Å². The molecule has 2 aromatic rings. The molecule has 20 heavy (non-hydrogen) atoms. The van der Waals surface area contributed by atoms with Gasteiger partial charge < -0.3 is 10.1 Å². The van der Waals surface area contributed by atoms with E-state index in [-0.39, 0.29) is 0 Å². The molecular weight excluding hydrogens is 292 g/mol. The van der Waals surface area contributed by atoms with Crippen molar-refractivity contribution in [3.63, 3.8) is 0 Å². The molecule has 1 N–H and O–H groups in total. The number of nitrogens with zero attached hydrogens (tertiary/aromatic N) is 1. The number of halogens is 1. The molecule has 0 spiro atoms. The molecule has 0 atom stereocenters. The minimum absolute atomic E-state index is 0.710. The van der Waals surface area contributed by atoms with Gasteiger partial charge in [0.05, 0.1) is 11.6 Å². The molecule has 0 aliphatic carbocycles. The van der Waals surface area contributed by atoms with Crippen LogP contribution in [0.15, 0.2) is 52.5 Å². The van der Waals surface area contributed by atoms with Crippen LogP contribution in [0.4, 0.5) is 0 Å². The zero-order valence-electron chi connectivity index (χ0n) is 11.3. The molecule has 0 unspecified atom stereocenters. The van der Waals surface area contributed by atoms with Gasteiger partial charge in [-0.15, -0.1) is 0 Å². The Morgan fingerprint density at radius 1 is 1.30 bits per heavy atom. The predicted molar refractivity (Wildman–Crippen MR) is 83.4 cm³/mol. The number of rotatable bonds is 7. The Morgan fingerprint density at radius 3 is 2.90 bits per heavy atom. The molecule has 0 aliphatic heterocycles. The number of hydrogen-bond acceptors (Lipinski definition) is 4. The normalized spacial score (nSPS) is 10.7. The Labute approximate surface area is 128 Å². The average molecular weight is 309 g/mol. The number of aromatic nitrogens is 1. The Kier molecular flexibility index (Phi) is 6.33. The summed E-state index contributed by atoms with van der Waals surface area (Å²) in [6, 6.07) is 12.0. The molecule has 2 rings (SSSR count). The number of pyridine rings is 1. The third-order valence-corrected chi connectivity index (χ3v) is 4.11. The minimum atomic E-state index is 0.710. The van der Waals surface area contributed by atoms with Gasteiger partial charge in [0.2, 0.25) is 0 Å². The summed E-state index contributed by atoms with van der Waals surface area (Å²) in [7, 11) is 1.70. The van der Waals surface area contributed by atoms with Gasteiger partial charge in [-0.3, -0.25) is 0 Å². The predicted octanol–water partition coefficient (Wildman–Crippen LogP) is 3.62. The van der Waals surface area contributed by atoms with Crippen molar-refractivity contribution in [1.82, 2.24) is 10.3 Å². The standard InChI is InChI=1S/C15H17ClN2OS/c1-19-9-8-17-11-12-5-6-14(13(16)10-12)20-15-4-2-3-7-18-15/h2-7,10,17H,8-9,11H2,1H3. The van der Waals surface area contributed by atoms with Gasteiger partial charge in [-0.1, -0.05) is 35.5 Å². The van der Waals surface area contributed by atoms with E-state index < -0.39 is 0 Å². The first kappa shape index (κ1) is 15.3. The molecular formula is C15H17ClN2OS. The third-order valence-electron chi connectivity index (χ3n) is 2.66. The molecule has 0 saturated heterocycles. The first-order chi connectivity index (χ1) is 9.79. The summed E-state index contributed by atoms with van der Waals surface area (Å²) in [4.78, 5) is 5.31. The molecule has 1 heterocycles. The molecule has 3 nitrogen and oxygen atoms in total. The van der Waals surface area contributed by atoms with Gasteiger partial charge >= 0.3 is 0 Å². The van der Waals surface area contributed by atoms with Crippen molar-refractivity contribution >= 4 is 23.4 Å². The highest BCUT2D eigenvalue weighted by Gasteiger charge is 2.04. The lowest BCUT2D eigenvalue weighted by Crippen LogP contribution is -2.18. The summed E-state index contributed by atoms with van der Waals surface area (Å²) in [5, 5.41) is 5.00. The highest BCUT2D eigenvalue weighted by molar-refractivity contribution is 7.99. The smallest absolute Gasteiger partial charge is 0.101 e. The maximum absolute atomic E-state index is 6.32. The molecule has 5 heteroatoms. The van der Waals surface area contributed by atoms with Crippen LogP contribution in [0.2, 0.25) is 5.02 Å². The van der Waals surface area contributed by atoms with Crippen LogP contribution in [0.1, 0.15) is 5.56 Å². The first-order valence-corrected chi connectivity index (χ1v) is 7.56. The second kappa shape index (κ2) is 8.27. The van der Waals surface area contributed by atoms with Crippen LogP contribution in [0.5, 0.6) is 0 Å². The van der Waals surface area contributed by atoms with Gasteiger partial charge in [0.1, 0.15) is 5.03 Å². The molecule has 106 valence electrons. The van der Waals surface area contributed by atoms with Gasteiger partial charge in [-0.25, -0.2) is 4.98 Å². The fourth-order valence-electron chi connectivity index (χ4n) is 1.66. The van der Waals surface area contributed by atoms with Crippen LogP contribution in [0.25, 0.3) is 0 Å². The number of nitrogens with one attached hydrogen (secondary N) is 1. The number of benzene rings is 1. The van der Waals surface area contributed by atoms with E-state index in [1.165, 1.54) is 0 Å². The lowest BCUT2D eigenvalue weighted by Gasteiger charge is -2.08. The number of methoxy groups -OCH3 is 1. The molecule has 0 fully saturated rings. The van der Waals surface area contributed by atoms with E-state index in [0.29, 0.717) is 6.61 Å². The molecule has 0 saturated carbocycles. The lowest BCUT2D eigenvalue weighted by atomic mass is 10.2. The monoisotopic (exact) mass is 308 g/mol.